The summed E-state index contributed by atoms with van der Waals surface area (Å²) in [7, 11) is 1.56. The molecular weight excluding hydrogens is 500 g/mol. The maximum absolute atomic E-state index is 12.2. The van der Waals surface area contributed by atoms with Gasteiger partial charge < -0.3 is 14.2 Å². The number of amides is 1. The number of hydrogen-bond donors (Lipinski definition) is 1. The molecule has 0 aliphatic rings. The number of nitrogens with zero attached hydrogens (tertiary/aromatic N) is 1. The summed E-state index contributed by atoms with van der Waals surface area (Å²) >= 11 is 9.36. The fraction of sp³-hybridized carbons (Fsp3) is 0.0870. The standard InChI is InChI=1S/C23H18BrClN2O5/c1-30-17-10-11-21(19(24)12-17)31-14-22(28)27-26-13-15-6-8-16(9-7-15)32-23(29)18-4-2-3-5-20(18)25/h2-13H,14H2,1H3,(H,27,28)/b26-13-. The van der Waals surface area contributed by atoms with E-state index in [4.69, 9.17) is 25.8 Å². The van der Waals surface area contributed by atoms with Crippen LogP contribution in [0.2, 0.25) is 5.02 Å². The van der Waals surface area contributed by atoms with E-state index in [0.29, 0.717) is 32.3 Å². The Morgan fingerprint density at radius 2 is 1.78 bits per heavy atom. The fourth-order valence-electron chi connectivity index (χ4n) is 2.49. The molecule has 3 rings (SSSR count). The molecule has 0 aliphatic heterocycles. The normalized spacial score (nSPS) is 10.6. The van der Waals surface area contributed by atoms with Gasteiger partial charge in [-0.1, -0.05) is 23.7 Å². The Morgan fingerprint density at radius 1 is 1.06 bits per heavy atom. The Labute approximate surface area is 198 Å². The second-order valence-corrected chi connectivity index (χ2v) is 7.58. The number of ether oxygens (including phenoxy) is 3. The number of carbonyl (C=O) groups is 2. The molecule has 9 heteroatoms. The van der Waals surface area contributed by atoms with Gasteiger partial charge in [0.05, 0.1) is 28.4 Å². The highest BCUT2D eigenvalue weighted by atomic mass is 79.9. The molecule has 7 nitrogen and oxygen atoms in total. The number of methoxy groups -OCH3 is 1. The van der Waals surface area contributed by atoms with Crippen molar-refractivity contribution >= 4 is 45.6 Å². The summed E-state index contributed by atoms with van der Waals surface area (Å²) in [6, 6.07) is 18.4. The third kappa shape index (κ3) is 6.57. The minimum atomic E-state index is -0.548. The monoisotopic (exact) mass is 516 g/mol. The highest BCUT2D eigenvalue weighted by molar-refractivity contribution is 9.10. The number of halogens is 2. The molecular formula is C23H18BrClN2O5. The predicted octanol–water partition coefficient (Wildman–Crippen LogP) is 4.86. The first-order chi connectivity index (χ1) is 15.5. The van der Waals surface area contributed by atoms with Crippen LogP contribution in [-0.4, -0.2) is 31.8 Å². The first-order valence-electron chi connectivity index (χ1n) is 9.31. The highest BCUT2D eigenvalue weighted by Crippen LogP contribution is 2.29. The number of nitrogens with one attached hydrogen (secondary N) is 1. The SMILES string of the molecule is COc1ccc(OCC(=O)N/N=C\c2ccc(OC(=O)c3ccccc3Cl)cc2)c(Br)c1. The lowest BCUT2D eigenvalue weighted by atomic mass is 10.2. The van der Waals surface area contributed by atoms with E-state index in [1.54, 1.807) is 73.8 Å². The van der Waals surface area contributed by atoms with Gasteiger partial charge in [-0.3, -0.25) is 4.79 Å². The van der Waals surface area contributed by atoms with Gasteiger partial charge in [-0.25, -0.2) is 10.2 Å². The molecule has 1 N–H and O–H groups in total. The van der Waals surface area contributed by atoms with Crippen LogP contribution in [-0.2, 0) is 4.79 Å². The van der Waals surface area contributed by atoms with Crippen LogP contribution in [0.5, 0.6) is 17.2 Å². The third-order valence-electron chi connectivity index (χ3n) is 4.09. The van der Waals surface area contributed by atoms with Crippen LogP contribution in [0.1, 0.15) is 15.9 Å². The van der Waals surface area contributed by atoms with Gasteiger partial charge in [0.1, 0.15) is 17.2 Å². The van der Waals surface area contributed by atoms with E-state index < -0.39 is 11.9 Å². The van der Waals surface area contributed by atoms with Crippen LogP contribution >= 0.6 is 27.5 Å². The maximum Gasteiger partial charge on any atom is 0.345 e. The Hall–Kier alpha value is -3.36. The molecule has 0 fully saturated rings. The molecule has 1 amide bonds. The number of rotatable bonds is 8. The summed E-state index contributed by atoms with van der Waals surface area (Å²) in [5, 5.41) is 4.21. The van der Waals surface area contributed by atoms with E-state index in [1.807, 2.05) is 0 Å². The lowest BCUT2D eigenvalue weighted by Gasteiger charge is -2.08. The lowest BCUT2D eigenvalue weighted by molar-refractivity contribution is -0.123. The molecule has 0 radical (unpaired) electrons. The number of carbonyl (C=O) groups excluding carboxylic acids is 2. The molecule has 0 bridgehead atoms. The summed E-state index contributed by atoms with van der Waals surface area (Å²) in [6.45, 7) is -0.209. The van der Waals surface area contributed by atoms with Crippen molar-refractivity contribution in [1.82, 2.24) is 5.43 Å². The van der Waals surface area contributed by atoms with Crippen molar-refractivity contribution in [1.29, 1.82) is 0 Å². The van der Waals surface area contributed by atoms with Crippen molar-refractivity contribution in [3.63, 3.8) is 0 Å². The average molecular weight is 518 g/mol. The van der Waals surface area contributed by atoms with Gasteiger partial charge in [0, 0.05) is 0 Å². The van der Waals surface area contributed by atoms with Crippen LogP contribution in [0.4, 0.5) is 0 Å². The molecule has 32 heavy (non-hydrogen) atoms. The zero-order chi connectivity index (χ0) is 22.9. The molecule has 0 spiro atoms. The Balaban J connectivity index is 1.47. The first kappa shape index (κ1) is 23.3. The lowest BCUT2D eigenvalue weighted by Crippen LogP contribution is -2.24. The van der Waals surface area contributed by atoms with E-state index in [2.05, 4.69) is 26.5 Å². The zero-order valence-electron chi connectivity index (χ0n) is 16.9. The minimum absolute atomic E-state index is 0.209. The second-order valence-electron chi connectivity index (χ2n) is 6.32. The molecule has 164 valence electrons. The fourth-order valence-corrected chi connectivity index (χ4v) is 3.18. The van der Waals surface area contributed by atoms with Crippen LogP contribution in [0.25, 0.3) is 0 Å². The number of hydrogen-bond acceptors (Lipinski definition) is 6. The van der Waals surface area contributed by atoms with Crippen LogP contribution < -0.4 is 19.6 Å². The van der Waals surface area contributed by atoms with Gasteiger partial charge >= 0.3 is 5.97 Å². The summed E-state index contributed by atoms with van der Waals surface area (Å²) in [6.07, 6.45) is 1.46. The molecule has 0 aromatic heterocycles. The Kier molecular flexibility index (Phi) is 8.24. The van der Waals surface area contributed by atoms with Crippen molar-refractivity contribution in [3.8, 4) is 17.2 Å². The highest BCUT2D eigenvalue weighted by Gasteiger charge is 2.12. The van der Waals surface area contributed by atoms with Crippen molar-refractivity contribution in [3.05, 3.63) is 87.4 Å². The minimum Gasteiger partial charge on any atom is -0.497 e. The molecule has 0 saturated carbocycles. The van der Waals surface area contributed by atoms with Crippen molar-refractivity contribution < 1.29 is 23.8 Å². The summed E-state index contributed by atoms with van der Waals surface area (Å²) < 4.78 is 16.5. The molecule has 0 unspecified atom stereocenters. The molecule has 3 aromatic carbocycles. The molecule has 0 aliphatic carbocycles. The van der Waals surface area contributed by atoms with Crippen LogP contribution in [0.3, 0.4) is 0 Å². The summed E-state index contributed by atoms with van der Waals surface area (Å²) in [5.74, 6) is 0.561. The quantitative estimate of drug-likeness (QED) is 0.200. The smallest absolute Gasteiger partial charge is 0.345 e. The maximum atomic E-state index is 12.2. The average Bonchev–Trinajstić information content (AvgIpc) is 2.79. The van der Waals surface area contributed by atoms with Gasteiger partial charge in [-0.05, 0) is 76.1 Å². The van der Waals surface area contributed by atoms with E-state index in [1.165, 1.54) is 6.21 Å². The van der Waals surface area contributed by atoms with Gasteiger partial charge in [-0.2, -0.15) is 5.10 Å². The van der Waals surface area contributed by atoms with E-state index >= 15 is 0 Å². The van der Waals surface area contributed by atoms with Crippen molar-refractivity contribution in [2.24, 2.45) is 5.10 Å². The Bertz CT molecular complexity index is 1140. The van der Waals surface area contributed by atoms with Gasteiger partial charge in [0.25, 0.3) is 5.91 Å². The topological polar surface area (TPSA) is 86.2 Å². The molecule has 0 saturated heterocycles. The summed E-state index contributed by atoms with van der Waals surface area (Å²) in [4.78, 5) is 24.1. The zero-order valence-corrected chi connectivity index (χ0v) is 19.2. The molecule has 3 aromatic rings. The number of esters is 1. The summed E-state index contributed by atoms with van der Waals surface area (Å²) in [5.41, 5.74) is 3.36. The second kappa shape index (κ2) is 11.3. The van der Waals surface area contributed by atoms with E-state index in [-0.39, 0.29) is 12.2 Å². The van der Waals surface area contributed by atoms with Crippen LogP contribution in [0.15, 0.2) is 76.3 Å². The predicted molar refractivity (Wildman–Crippen MR) is 125 cm³/mol. The molecule has 0 heterocycles. The third-order valence-corrected chi connectivity index (χ3v) is 5.03. The van der Waals surface area contributed by atoms with E-state index in [0.717, 1.165) is 0 Å². The van der Waals surface area contributed by atoms with Gasteiger partial charge in [-0.15, -0.1) is 0 Å². The molecule has 0 atom stereocenters. The number of hydrazone groups is 1. The van der Waals surface area contributed by atoms with Gasteiger partial charge in [0.2, 0.25) is 0 Å². The first-order valence-corrected chi connectivity index (χ1v) is 10.5. The van der Waals surface area contributed by atoms with Crippen molar-refractivity contribution in [2.45, 2.75) is 0 Å². The Morgan fingerprint density at radius 3 is 2.47 bits per heavy atom. The van der Waals surface area contributed by atoms with E-state index in [9.17, 15) is 9.59 Å². The van der Waals surface area contributed by atoms with Crippen molar-refractivity contribution in [2.75, 3.05) is 13.7 Å². The largest absolute Gasteiger partial charge is 0.497 e. The van der Waals surface area contributed by atoms with Gasteiger partial charge in [0.15, 0.2) is 6.61 Å². The number of benzene rings is 3. The van der Waals surface area contributed by atoms with Crippen LogP contribution in [0, 0.1) is 0 Å².